The summed E-state index contributed by atoms with van der Waals surface area (Å²) in [6, 6.07) is 11.5. The van der Waals surface area contributed by atoms with Gasteiger partial charge in [-0.15, -0.1) is 0 Å². The average Bonchev–Trinajstić information content (AvgIpc) is 3.47. The highest BCUT2D eigenvalue weighted by atomic mass is 35.5. The number of nitrogens with zero attached hydrogens (tertiary/aromatic N) is 2. The predicted octanol–water partition coefficient (Wildman–Crippen LogP) is 5.68. The zero-order chi connectivity index (χ0) is 21.8. The maximum atomic E-state index is 13.7. The van der Waals surface area contributed by atoms with Gasteiger partial charge in [-0.2, -0.15) is 13.2 Å². The van der Waals surface area contributed by atoms with E-state index in [-0.39, 0.29) is 28.2 Å². The van der Waals surface area contributed by atoms with E-state index in [0.717, 1.165) is 28.0 Å². The van der Waals surface area contributed by atoms with E-state index in [2.05, 4.69) is 10.3 Å². The molecule has 0 radical (unpaired) electrons. The van der Waals surface area contributed by atoms with Crippen molar-refractivity contribution in [2.75, 3.05) is 0 Å². The number of hydrogen-bond acceptors (Lipinski definition) is 3. The van der Waals surface area contributed by atoms with Crippen LogP contribution in [0.25, 0.3) is 17.0 Å². The van der Waals surface area contributed by atoms with Crippen LogP contribution in [0.3, 0.4) is 0 Å². The monoisotopic (exact) mass is 445 g/mol. The zero-order valence-corrected chi connectivity index (χ0v) is 16.7. The van der Waals surface area contributed by atoms with E-state index < -0.39 is 23.3 Å². The number of hydrogen-bond donors (Lipinski definition) is 1. The molecule has 0 spiro atoms. The molecule has 3 aromatic heterocycles. The number of amides is 1. The fraction of sp³-hybridized carbons (Fsp3) is 0.182. The largest absolute Gasteiger partial charge is 0.464 e. The Hall–Kier alpha value is -3.26. The molecule has 0 bridgehead atoms. The maximum absolute atomic E-state index is 13.7. The van der Waals surface area contributed by atoms with Crippen molar-refractivity contribution >= 4 is 23.2 Å². The van der Waals surface area contributed by atoms with Crippen LogP contribution in [-0.4, -0.2) is 15.3 Å². The standard InChI is InChI=1S/C22H15ClF3N3O2/c23-19-18(21(30)27-16-8-7-12-4-1-2-5-14(12)16)28-20-15(22(24,25)26)10-13(11-29(19)20)17-6-3-9-31-17/h1-6,9-11,16H,7-8H2,(H,27,30). The Morgan fingerprint density at radius 3 is 2.77 bits per heavy atom. The number of nitrogens with one attached hydrogen (secondary N) is 1. The molecule has 1 amide bonds. The molecule has 1 atom stereocenters. The number of carbonyl (C=O) groups excluding carboxylic acids is 1. The molecule has 1 N–H and O–H groups in total. The number of alkyl halides is 3. The zero-order valence-electron chi connectivity index (χ0n) is 15.9. The van der Waals surface area contributed by atoms with Gasteiger partial charge in [0.05, 0.1) is 17.9 Å². The quantitative estimate of drug-likeness (QED) is 0.441. The Labute approximate surface area is 179 Å². The summed E-state index contributed by atoms with van der Waals surface area (Å²) in [5.74, 6) is -0.381. The van der Waals surface area contributed by atoms with Gasteiger partial charge in [-0.1, -0.05) is 35.9 Å². The van der Waals surface area contributed by atoms with E-state index in [1.54, 1.807) is 6.07 Å². The van der Waals surface area contributed by atoms with Crippen LogP contribution >= 0.6 is 11.6 Å². The summed E-state index contributed by atoms with van der Waals surface area (Å²) < 4.78 is 47.5. The minimum Gasteiger partial charge on any atom is -0.464 e. The summed E-state index contributed by atoms with van der Waals surface area (Å²) >= 11 is 6.33. The molecule has 31 heavy (non-hydrogen) atoms. The van der Waals surface area contributed by atoms with E-state index in [1.807, 2.05) is 24.3 Å². The average molecular weight is 446 g/mol. The third kappa shape index (κ3) is 3.37. The first kappa shape index (κ1) is 19.7. The Bertz CT molecular complexity index is 1300. The molecule has 0 saturated carbocycles. The van der Waals surface area contributed by atoms with Gasteiger partial charge in [0.1, 0.15) is 10.9 Å². The van der Waals surface area contributed by atoms with Crippen molar-refractivity contribution in [3.63, 3.8) is 0 Å². The SMILES string of the molecule is O=C(NC1CCc2ccccc21)c1nc2c(C(F)(F)F)cc(-c3ccco3)cn2c1Cl. The van der Waals surface area contributed by atoms with Crippen LogP contribution in [0.5, 0.6) is 0 Å². The molecule has 1 aromatic carbocycles. The highest BCUT2D eigenvalue weighted by Gasteiger charge is 2.36. The molecule has 1 unspecified atom stereocenters. The van der Waals surface area contributed by atoms with Gasteiger partial charge in [-0.05, 0) is 42.2 Å². The van der Waals surface area contributed by atoms with Crippen molar-refractivity contribution < 1.29 is 22.4 Å². The van der Waals surface area contributed by atoms with Gasteiger partial charge in [0, 0.05) is 11.8 Å². The first-order valence-corrected chi connectivity index (χ1v) is 9.92. The third-order valence-electron chi connectivity index (χ3n) is 5.43. The first-order valence-electron chi connectivity index (χ1n) is 9.54. The normalized spacial score (nSPS) is 15.9. The summed E-state index contributed by atoms with van der Waals surface area (Å²) in [5.41, 5.74) is 0.593. The molecule has 158 valence electrons. The smallest absolute Gasteiger partial charge is 0.420 e. The molecule has 1 aliphatic rings. The molecule has 9 heteroatoms. The van der Waals surface area contributed by atoms with Crippen molar-refractivity contribution in [1.29, 1.82) is 0 Å². The molecule has 0 saturated heterocycles. The molecular formula is C22H15ClF3N3O2. The Morgan fingerprint density at radius 2 is 2.03 bits per heavy atom. The fourth-order valence-electron chi connectivity index (χ4n) is 3.98. The molecule has 5 nitrogen and oxygen atoms in total. The number of benzene rings is 1. The maximum Gasteiger partial charge on any atom is 0.420 e. The number of rotatable bonds is 3. The third-order valence-corrected chi connectivity index (χ3v) is 5.79. The summed E-state index contributed by atoms with van der Waals surface area (Å²) in [5, 5.41) is 2.66. The van der Waals surface area contributed by atoms with Crippen LogP contribution in [-0.2, 0) is 12.6 Å². The van der Waals surface area contributed by atoms with Crippen molar-refractivity contribution in [2.24, 2.45) is 0 Å². The molecular weight excluding hydrogens is 431 g/mol. The van der Waals surface area contributed by atoms with Gasteiger partial charge in [0.15, 0.2) is 11.3 Å². The van der Waals surface area contributed by atoms with Crippen LogP contribution < -0.4 is 5.32 Å². The van der Waals surface area contributed by atoms with Crippen molar-refractivity contribution in [2.45, 2.75) is 25.1 Å². The highest BCUT2D eigenvalue weighted by Crippen LogP contribution is 2.37. The lowest BCUT2D eigenvalue weighted by molar-refractivity contribution is -0.136. The number of halogens is 4. The lowest BCUT2D eigenvalue weighted by atomic mass is 10.1. The number of aryl methyl sites for hydroxylation is 1. The second kappa shape index (κ2) is 7.16. The minimum absolute atomic E-state index is 0.167. The Balaban J connectivity index is 1.57. The first-order chi connectivity index (χ1) is 14.8. The summed E-state index contributed by atoms with van der Waals surface area (Å²) in [7, 11) is 0. The van der Waals surface area contributed by atoms with Crippen molar-refractivity contribution in [3.8, 4) is 11.3 Å². The van der Waals surface area contributed by atoms with Gasteiger partial charge < -0.3 is 9.73 Å². The van der Waals surface area contributed by atoms with Crippen molar-refractivity contribution in [3.05, 3.63) is 82.5 Å². The van der Waals surface area contributed by atoms with E-state index in [0.29, 0.717) is 6.42 Å². The van der Waals surface area contributed by atoms with Crippen LogP contribution in [0.4, 0.5) is 13.2 Å². The Kier molecular flexibility index (Phi) is 4.55. The molecule has 4 aromatic rings. The Morgan fingerprint density at radius 1 is 1.23 bits per heavy atom. The molecule has 0 aliphatic heterocycles. The molecule has 0 fully saturated rings. The second-order valence-electron chi connectivity index (χ2n) is 7.33. The predicted molar refractivity (Wildman–Crippen MR) is 108 cm³/mol. The number of aromatic nitrogens is 2. The second-order valence-corrected chi connectivity index (χ2v) is 7.68. The van der Waals surface area contributed by atoms with Gasteiger partial charge in [0.25, 0.3) is 5.91 Å². The van der Waals surface area contributed by atoms with Gasteiger partial charge in [-0.3, -0.25) is 9.20 Å². The van der Waals surface area contributed by atoms with E-state index >= 15 is 0 Å². The number of pyridine rings is 1. The van der Waals surface area contributed by atoms with Crippen LogP contribution in [0.2, 0.25) is 5.15 Å². The van der Waals surface area contributed by atoms with Crippen molar-refractivity contribution in [1.82, 2.24) is 14.7 Å². The summed E-state index contributed by atoms with van der Waals surface area (Å²) in [6.07, 6.45) is -0.449. The summed E-state index contributed by atoms with van der Waals surface area (Å²) in [6.45, 7) is 0. The molecule has 3 heterocycles. The summed E-state index contributed by atoms with van der Waals surface area (Å²) in [4.78, 5) is 16.9. The number of fused-ring (bicyclic) bond motifs is 2. The highest BCUT2D eigenvalue weighted by molar-refractivity contribution is 6.33. The fourth-order valence-corrected chi connectivity index (χ4v) is 4.24. The van der Waals surface area contributed by atoms with Gasteiger partial charge in [-0.25, -0.2) is 4.98 Å². The van der Waals surface area contributed by atoms with E-state index in [9.17, 15) is 18.0 Å². The molecule has 1 aliphatic carbocycles. The molecule has 5 rings (SSSR count). The van der Waals surface area contributed by atoms with E-state index in [1.165, 1.54) is 18.5 Å². The number of imidazole rings is 1. The topological polar surface area (TPSA) is 59.5 Å². The van der Waals surface area contributed by atoms with Crippen LogP contribution in [0, 0.1) is 0 Å². The lowest BCUT2D eigenvalue weighted by Gasteiger charge is -2.13. The lowest BCUT2D eigenvalue weighted by Crippen LogP contribution is -2.27. The van der Waals surface area contributed by atoms with Crippen LogP contribution in [0.1, 0.15) is 39.6 Å². The number of carbonyl (C=O) groups is 1. The van der Waals surface area contributed by atoms with E-state index in [4.69, 9.17) is 16.0 Å². The minimum atomic E-state index is -4.70. The van der Waals surface area contributed by atoms with Gasteiger partial charge in [0.2, 0.25) is 0 Å². The van der Waals surface area contributed by atoms with Crippen LogP contribution in [0.15, 0.2) is 59.3 Å². The van der Waals surface area contributed by atoms with Gasteiger partial charge >= 0.3 is 6.18 Å². The number of furan rings is 1.